The molecule has 0 aliphatic carbocycles. The van der Waals surface area contributed by atoms with Gasteiger partial charge in [0.15, 0.2) is 0 Å². The minimum atomic E-state index is -4.43. The van der Waals surface area contributed by atoms with Crippen molar-refractivity contribution in [2.75, 3.05) is 46.5 Å². The first-order valence-electron chi connectivity index (χ1n) is 15.7. The highest BCUT2D eigenvalue weighted by Gasteiger charge is 2.37. The largest absolute Gasteiger partial charge is 0.497 e. The van der Waals surface area contributed by atoms with Crippen molar-refractivity contribution in [1.82, 2.24) is 23.7 Å². The van der Waals surface area contributed by atoms with Gasteiger partial charge in [-0.1, -0.05) is 30.3 Å². The van der Waals surface area contributed by atoms with Crippen LogP contribution in [0.4, 0.5) is 4.39 Å². The van der Waals surface area contributed by atoms with Gasteiger partial charge in [-0.15, -0.1) is 0 Å². The van der Waals surface area contributed by atoms with E-state index in [0.717, 1.165) is 32.4 Å². The van der Waals surface area contributed by atoms with Crippen molar-refractivity contribution < 1.29 is 22.3 Å². The van der Waals surface area contributed by atoms with Crippen molar-refractivity contribution in [3.8, 4) is 11.8 Å². The molecule has 47 heavy (non-hydrogen) atoms. The van der Waals surface area contributed by atoms with Crippen LogP contribution in [-0.2, 0) is 14.8 Å². The zero-order chi connectivity index (χ0) is 33.1. The van der Waals surface area contributed by atoms with Gasteiger partial charge in [0.1, 0.15) is 18.5 Å². The number of halogens is 1. The number of benzene rings is 3. The van der Waals surface area contributed by atoms with E-state index < -0.39 is 21.8 Å². The van der Waals surface area contributed by atoms with Crippen molar-refractivity contribution in [2.24, 2.45) is 0 Å². The molecule has 6 rings (SSSR count). The Kier molecular flexibility index (Phi) is 9.45. The number of methoxy groups -OCH3 is 1. The molecular weight excluding hydrogens is 623 g/mol. The molecule has 3 heterocycles. The van der Waals surface area contributed by atoms with E-state index in [4.69, 9.17) is 4.74 Å². The lowest BCUT2D eigenvalue weighted by molar-refractivity contribution is -0.132. The normalized spacial score (nSPS) is 18.3. The van der Waals surface area contributed by atoms with Crippen LogP contribution >= 0.6 is 0 Å². The van der Waals surface area contributed by atoms with E-state index >= 15 is 0 Å². The van der Waals surface area contributed by atoms with Gasteiger partial charge in [-0.05, 0) is 80.4 Å². The first-order valence-corrected chi connectivity index (χ1v) is 17.1. The van der Waals surface area contributed by atoms with Gasteiger partial charge in [0.05, 0.1) is 34.7 Å². The van der Waals surface area contributed by atoms with Crippen LogP contribution in [0.2, 0.25) is 0 Å². The van der Waals surface area contributed by atoms with Gasteiger partial charge in [0.25, 0.3) is 15.9 Å². The fourth-order valence-corrected chi connectivity index (χ4v) is 8.08. The second-order valence-electron chi connectivity index (χ2n) is 12.0. The molecule has 2 saturated heterocycles. The summed E-state index contributed by atoms with van der Waals surface area (Å²) < 4.78 is 47.9. The molecule has 11 nitrogen and oxygen atoms in total. The molecule has 4 aromatic rings. The number of piperidine rings is 1. The van der Waals surface area contributed by atoms with Gasteiger partial charge in [-0.3, -0.25) is 9.36 Å². The predicted octanol–water partition coefficient (Wildman–Crippen LogP) is 3.13. The summed E-state index contributed by atoms with van der Waals surface area (Å²) in [4.78, 5) is 32.6. The molecule has 2 fully saturated rings. The topological polar surface area (TPSA) is 130 Å². The van der Waals surface area contributed by atoms with Gasteiger partial charge >= 0.3 is 5.69 Å². The summed E-state index contributed by atoms with van der Waals surface area (Å²) in [6, 6.07) is 20.0. The zero-order valence-corrected chi connectivity index (χ0v) is 26.9. The van der Waals surface area contributed by atoms with Gasteiger partial charge in [0, 0.05) is 31.7 Å². The number of nitrogens with one attached hydrogen (secondary N) is 1. The lowest BCUT2D eigenvalue weighted by Crippen LogP contribution is -2.48. The number of alkyl halides is 1. The molecule has 0 radical (unpaired) electrons. The first kappa shape index (κ1) is 32.4. The van der Waals surface area contributed by atoms with Crippen LogP contribution in [0.3, 0.4) is 0 Å². The monoisotopic (exact) mass is 660 g/mol. The Morgan fingerprint density at radius 2 is 1.70 bits per heavy atom. The standard InChI is InChI=1S/C34H37FN6O5S/c1-46-28-8-10-29(11-9-28)47(44,45)41-30-12-7-24(22-36)21-31(30)40(34(41)43)32(25-5-3-2-4-6-25)33(42)39-19-15-27(23-39)37-26-13-17-38(18-14-26)20-16-35/h2-12,21,26-27,32,37H,13-20,23H2,1H3/t27-,32?/m0/s1. The van der Waals surface area contributed by atoms with Crippen molar-refractivity contribution in [3.63, 3.8) is 0 Å². The van der Waals surface area contributed by atoms with E-state index in [2.05, 4.69) is 16.3 Å². The maximum absolute atomic E-state index is 14.5. The minimum Gasteiger partial charge on any atom is -0.497 e. The van der Waals surface area contributed by atoms with E-state index in [9.17, 15) is 27.7 Å². The second kappa shape index (κ2) is 13.7. The van der Waals surface area contributed by atoms with E-state index in [1.807, 2.05) is 0 Å². The number of amides is 1. The van der Waals surface area contributed by atoms with Crippen LogP contribution in [-0.4, -0.2) is 91.3 Å². The van der Waals surface area contributed by atoms with Gasteiger partial charge in [-0.25, -0.2) is 17.6 Å². The Morgan fingerprint density at radius 3 is 2.36 bits per heavy atom. The maximum Gasteiger partial charge on any atom is 0.344 e. The van der Waals surface area contributed by atoms with E-state index in [1.165, 1.54) is 54.1 Å². The molecule has 2 atom stereocenters. The SMILES string of the molecule is COc1ccc(S(=O)(=O)n2c(=O)n(C(C(=O)N3CC[C@H](NC4CCN(CCF)CC4)C3)c3ccccc3)c3cc(C#N)ccc32)cc1. The lowest BCUT2D eigenvalue weighted by Gasteiger charge is -2.33. The number of carbonyl (C=O) groups is 1. The highest BCUT2D eigenvalue weighted by molar-refractivity contribution is 7.90. The Balaban J connectivity index is 1.38. The number of likely N-dealkylation sites (tertiary alicyclic amines) is 2. The van der Waals surface area contributed by atoms with Crippen molar-refractivity contribution in [3.05, 3.63) is 94.4 Å². The number of hydrogen-bond donors (Lipinski definition) is 1. The number of rotatable bonds is 10. The smallest absolute Gasteiger partial charge is 0.344 e. The molecule has 1 N–H and O–H groups in total. The maximum atomic E-state index is 14.5. The fourth-order valence-electron chi connectivity index (χ4n) is 6.68. The quantitative estimate of drug-likeness (QED) is 0.275. The van der Waals surface area contributed by atoms with Crippen molar-refractivity contribution >= 4 is 27.0 Å². The summed E-state index contributed by atoms with van der Waals surface area (Å²) in [6.07, 6.45) is 2.52. The Labute approximate surface area is 272 Å². The number of fused-ring (bicyclic) bond motifs is 1. The lowest BCUT2D eigenvalue weighted by atomic mass is 10.0. The van der Waals surface area contributed by atoms with Crippen molar-refractivity contribution in [1.29, 1.82) is 5.26 Å². The van der Waals surface area contributed by atoms with Crippen LogP contribution < -0.4 is 15.7 Å². The fraction of sp³-hybridized carbons (Fsp3) is 0.382. The molecule has 1 unspecified atom stereocenters. The molecule has 1 amide bonds. The van der Waals surface area contributed by atoms with Gasteiger partial charge in [-0.2, -0.15) is 9.23 Å². The van der Waals surface area contributed by atoms with Gasteiger partial charge < -0.3 is 19.9 Å². The molecule has 0 bridgehead atoms. The number of hydrogen-bond acceptors (Lipinski definition) is 8. The summed E-state index contributed by atoms with van der Waals surface area (Å²) in [7, 11) is -2.96. The number of aromatic nitrogens is 2. The summed E-state index contributed by atoms with van der Waals surface area (Å²) in [5.74, 6) is 0.108. The molecule has 0 saturated carbocycles. The van der Waals surface area contributed by atoms with Gasteiger partial charge in [0.2, 0.25) is 0 Å². The second-order valence-corrected chi connectivity index (χ2v) is 13.8. The third-order valence-corrected chi connectivity index (χ3v) is 10.8. The molecular formula is C34H37FN6O5S. The van der Waals surface area contributed by atoms with Crippen LogP contribution in [0.25, 0.3) is 11.0 Å². The van der Waals surface area contributed by atoms with Crippen molar-refractivity contribution in [2.45, 2.75) is 42.3 Å². The molecule has 246 valence electrons. The summed E-state index contributed by atoms with van der Waals surface area (Å²) in [5.41, 5.74) is 0.0231. The zero-order valence-electron chi connectivity index (χ0n) is 26.1. The molecule has 3 aromatic carbocycles. The van der Waals surface area contributed by atoms with Crippen LogP contribution in [0.5, 0.6) is 5.75 Å². The molecule has 1 aromatic heterocycles. The Bertz CT molecular complexity index is 1950. The molecule has 2 aliphatic heterocycles. The van der Waals surface area contributed by atoms with E-state index in [1.54, 1.807) is 35.2 Å². The summed E-state index contributed by atoms with van der Waals surface area (Å²) in [5, 5.41) is 13.4. The highest BCUT2D eigenvalue weighted by atomic mass is 32.2. The third-order valence-electron chi connectivity index (χ3n) is 9.13. The minimum absolute atomic E-state index is 0.0480. The van der Waals surface area contributed by atoms with Crippen LogP contribution in [0, 0.1) is 11.3 Å². The predicted molar refractivity (Wildman–Crippen MR) is 175 cm³/mol. The first-order chi connectivity index (χ1) is 22.7. The number of ether oxygens (including phenoxy) is 1. The average molecular weight is 661 g/mol. The third kappa shape index (κ3) is 6.41. The number of imidazole rings is 1. The van der Waals surface area contributed by atoms with Crippen LogP contribution in [0.15, 0.2) is 82.5 Å². The van der Waals surface area contributed by atoms with E-state index in [-0.39, 0.29) is 46.2 Å². The number of nitrogens with zero attached hydrogens (tertiary/aromatic N) is 5. The molecule has 13 heteroatoms. The summed E-state index contributed by atoms with van der Waals surface area (Å²) in [6.45, 7) is 2.63. The van der Waals surface area contributed by atoms with Crippen LogP contribution in [0.1, 0.15) is 36.4 Å². The number of carbonyl (C=O) groups excluding carboxylic acids is 1. The highest BCUT2D eigenvalue weighted by Crippen LogP contribution is 2.30. The molecule has 2 aliphatic rings. The molecule has 0 spiro atoms. The Hall–Kier alpha value is -4.51. The summed E-state index contributed by atoms with van der Waals surface area (Å²) >= 11 is 0. The Morgan fingerprint density at radius 1 is 1.00 bits per heavy atom. The van der Waals surface area contributed by atoms with E-state index in [0.29, 0.717) is 34.9 Å². The number of nitriles is 1. The average Bonchev–Trinajstić information content (AvgIpc) is 3.68.